The number of anilines is 1. The Bertz CT molecular complexity index is 501. The maximum Gasteiger partial charge on any atom is 0.222 e. The van der Waals surface area contributed by atoms with E-state index >= 15 is 0 Å². The largest absolute Gasteiger partial charge is 0.380 e. The second kappa shape index (κ2) is 12.3. The van der Waals surface area contributed by atoms with E-state index in [1.54, 1.807) is 13.3 Å². The summed E-state index contributed by atoms with van der Waals surface area (Å²) in [7, 11) is 1.56. The number of nitrogens with two attached hydrogens (primary N) is 1. The summed E-state index contributed by atoms with van der Waals surface area (Å²) in [5, 5.41) is 2.86. The number of morpholine rings is 1. The molecule has 0 aromatic carbocycles. The summed E-state index contributed by atoms with van der Waals surface area (Å²) in [5.41, 5.74) is 6.47. The van der Waals surface area contributed by atoms with Crippen LogP contribution in [-0.4, -0.2) is 56.5 Å². The standard InChI is InChI=1S/C16H26N4O3.2ClH/c1-12-11-20(5-6-23-12)15-4-3-13(9-18-15)10-19-16(21)7-14(8-17)22-2;;/h3-4,9,12,14H,5-8,10-11,17H2,1-2H3,(H,19,21);2*1H. The average molecular weight is 395 g/mol. The first-order valence-corrected chi connectivity index (χ1v) is 7.93. The van der Waals surface area contributed by atoms with Crippen molar-refractivity contribution >= 4 is 36.5 Å². The summed E-state index contributed by atoms with van der Waals surface area (Å²) in [6, 6.07) is 3.97. The third-order valence-corrected chi connectivity index (χ3v) is 3.87. The fraction of sp³-hybridized carbons (Fsp3) is 0.625. The number of carbonyl (C=O) groups is 1. The van der Waals surface area contributed by atoms with Gasteiger partial charge in [-0.2, -0.15) is 0 Å². The van der Waals surface area contributed by atoms with Crippen LogP contribution in [0.4, 0.5) is 5.82 Å². The molecule has 1 amide bonds. The van der Waals surface area contributed by atoms with E-state index in [-0.39, 0.29) is 49.4 Å². The second-order valence-electron chi connectivity index (χ2n) is 5.73. The predicted molar refractivity (Wildman–Crippen MR) is 103 cm³/mol. The first-order valence-electron chi connectivity index (χ1n) is 7.93. The van der Waals surface area contributed by atoms with Crippen LogP contribution in [0.25, 0.3) is 0 Å². The van der Waals surface area contributed by atoms with Crippen LogP contribution in [0, 0.1) is 0 Å². The van der Waals surface area contributed by atoms with Crippen LogP contribution in [0.1, 0.15) is 18.9 Å². The van der Waals surface area contributed by atoms with Crippen molar-refractivity contribution in [2.75, 3.05) is 38.3 Å². The van der Waals surface area contributed by atoms with Crippen molar-refractivity contribution in [2.24, 2.45) is 5.73 Å². The van der Waals surface area contributed by atoms with Gasteiger partial charge < -0.3 is 25.4 Å². The van der Waals surface area contributed by atoms with E-state index in [0.29, 0.717) is 13.1 Å². The van der Waals surface area contributed by atoms with Gasteiger partial charge in [0, 0.05) is 39.5 Å². The minimum Gasteiger partial charge on any atom is -0.380 e. The summed E-state index contributed by atoms with van der Waals surface area (Å²) in [4.78, 5) is 18.5. The molecule has 9 heteroatoms. The molecular formula is C16H28Cl2N4O3. The number of rotatable bonds is 7. The zero-order valence-electron chi connectivity index (χ0n) is 14.6. The van der Waals surface area contributed by atoms with E-state index in [4.69, 9.17) is 15.2 Å². The van der Waals surface area contributed by atoms with Crippen LogP contribution in [0.5, 0.6) is 0 Å². The monoisotopic (exact) mass is 394 g/mol. The summed E-state index contributed by atoms with van der Waals surface area (Å²) in [6.45, 7) is 5.27. The fourth-order valence-corrected chi connectivity index (χ4v) is 2.48. The van der Waals surface area contributed by atoms with Crippen LogP contribution in [0.2, 0.25) is 0 Å². The predicted octanol–water partition coefficient (Wildman–Crippen LogP) is 1.13. The lowest BCUT2D eigenvalue weighted by molar-refractivity contribution is -0.123. The minimum absolute atomic E-state index is 0. The molecule has 1 saturated heterocycles. The van der Waals surface area contributed by atoms with Crippen molar-refractivity contribution in [1.29, 1.82) is 0 Å². The number of hydrogen-bond donors (Lipinski definition) is 2. The van der Waals surface area contributed by atoms with E-state index in [0.717, 1.165) is 31.1 Å². The maximum atomic E-state index is 11.8. The van der Waals surface area contributed by atoms with Crippen molar-refractivity contribution in [1.82, 2.24) is 10.3 Å². The van der Waals surface area contributed by atoms with Crippen molar-refractivity contribution in [3.05, 3.63) is 23.9 Å². The molecule has 0 aliphatic carbocycles. The zero-order valence-corrected chi connectivity index (χ0v) is 16.3. The van der Waals surface area contributed by atoms with Gasteiger partial charge in [0.2, 0.25) is 5.91 Å². The van der Waals surface area contributed by atoms with Gasteiger partial charge in [0.15, 0.2) is 0 Å². The van der Waals surface area contributed by atoms with Gasteiger partial charge in [-0.15, -0.1) is 24.8 Å². The molecule has 2 rings (SSSR count). The summed E-state index contributed by atoms with van der Waals surface area (Å²) < 4.78 is 10.6. The van der Waals surface area contributed by atoms with Gasteiger partial charge in [-0.05, 0) is 18.6 Å². The third-order valence-electron chi connectivity index (χ3n) is 3.87. The molecule has 1 aliphatic heterocycles. The lowest BCUT2D eigenvalue weighted by atomic mass is 10.2. The molecule has 3 N–H and O–H groups in total. The molecule has 2 heterocycles. The van der Waals surface area contributed by atoms with E-state index < -0.39 is 0 Å². The van der Waals surface area contributed by atoms with Crippen LogP contribution < -0.4 is 16.0 Å². The highest BCUT2D eigenvalue weighted by Crippen LogP contribution is 2.15. The molecule has 144 valence electrons. The lowest BCUT2D eigenvalue weighted by Crippen LogP contribution is -2.41. The van der Waals surface area contributed by atoms with Gasteiger partial charge in [0.05, 0.1) is 25.2 Å². The molecular weight excluding hydrogens is 367 g/mol. The normalized spacial score (nSPS) is 17.9. The molecule has 1 fully saturated rings. The molecule has 2 unspecified atom stereocenters. The summed E-state index contributed by atoms with van der Waals surface area (Å²) >= 11 is 0. The molecule has 0 saturated carbocycles. The topological polar surface area (TPSA) is 89.7 Å². The van der Waals surface area contributed by atoms with Gasteiger partial charge in [0.1, 0.15) is 5.82 Å². The third kappa shape index (κ3) is 7.75. The smallest absolute Gasteiger partial charge is 0.222 e. The Labute approximate surface area is 161 Å². The number of methoxy groups -OCH3 is 1. The molecule has 1 aromatic rings. The Kier molecular flexibility index (Phi) is 11.7. The average Bonchev–Trinajstić information content (AvgIpc) is 2.58. The number of ether oxygens (including phenoxy) is 2. The van der Waals surface area contributed by atoms with Crippen molar-refractivity contribution in [3.8, 4) is 0 Å². The number of nitrogens with zero attached hydrogens (tertiary/aromatic N) is 2. The number of aromatic nitrogens is 1. The van der Waals surface area contributed by atoms with Crippen LogP contribution in [0.3, 0.4) is 0 Å². The van der Waals surface area contributed by atoms with Crippen molar-refractivity contribution < 1.29 is 14.3 Å². The number of amides is 1. The van der Waals surface area contributed by atoms with Crippen LogP contribution in [-0.2, 0) is 20.8 Å². The Hall–Kier alpha value is -1.12. The Balaban J connectivity index is 0.00000288. The number of nitrogens with one attached hydrogen (secondary N) is 1. The Morgan fingerprint density at radius 1 is 1.52 bits per heavy atom. The molecule has 0 radical (unpaired) electrons. The Morgan fingerprint density at radius 2 is 2.28 bits per heavy atom. The highest BCUT2D eigenvalue weighted by molar-refractivity contribution is 5.85. The first-order chi connectivity index (χ1) is 11.1. The van der Waals surface area contributed by atoms with Gasteiger partial charge in [-0.3, -0.25) is 4.79 Å². The maximum absolute atomic E-state index is 11.8. The van der Waals surface area contributed by atoms with Crippen LogP contribution in [0.15, 0.2) is 18.3 Å². The summed E-state index contributed by atoms with van der Waals surface area (Å²) in [5.74, 6) is 0.867. The molecule has 0 bridgehead atoms. The number of carbonyl (C=O) groups excluding carboxylic acids is 1. The molecule has 2 atom stereocenters. The SMILES string of the molecule is COC(CN)CC(=O)NCc1ccc(N2CCOC(C)C2)nc1.Cl.Cl. The molecule has 25 heavy (non-hydrogen) atoms. The summed E-state index contributed by atoms with van der Waals surface area (Å²) in [6.07, 6.45) is 2.05. The van der Waals surface area contributed by atoms with E-state index in [9.17, 15) is 4.79 Å². The van der Waals surface area contributed by atoms with Crippen molar-refractivity contribution in [2.45, 2.75) is 32.1 Å². The molecule has 0 spiro atoms. The zero-order chi connectivity index (χ0) is 16.7. The van der Waals surface area contributed by atoms with Crippen molar-refractivity contribution in [3.63, 3.8) is 0 Å². The van der Waals surface area contributed by atoms with Gasteiger partial charge in [-0.1, -0.05) is 6.07 Å². The second-order valence-corrected chi connectivity index (χ2v) is 5.73. The van der Waals surface area contributed by atoms with E-state index in [1.165, 1.54) is 0 Å². The first kappa shape index (κ1) is 23.9. The Morgan fingerprint density at radius 3 is 2.84 bits per heavy atom. The van der Waals surface area contributed by atoms with E-state index in [2.05, 4.69) is 22.1 Å². The van der Waals surface area contributed by atoms with Gasteiger partial charge in [-0.25, -0.2) is 4.98 Å². The number of halogens is 2. The lowest BCUT2D eigenvalue weighted by Gasteiger charge is -2.32. The number of pyridine rings is 1. The van der Waals surface area contributed by atoms with E-state index in [1.807, 2.05) is 12.1 Å². The fourth-order valence-electron chi connectivity index (χ4n) is 2.48. The highest BCUT2D eigenvalue weighted by Gasteiger charge is 2.17. The molecule has 1 aromatic heterocycles. The molecule has 7 nitrogen and oxygen atoms in total. The van der Waals surface area contributed by atoms with Gasteiger partial charge >= 0.3 is 0 Å². The quantitative estimate of drug-likeness (QED) is 0.720. The van der Waals surface area contributed by atoms with Gasteiger partial charge in [0.25, 0.3) is 0 Å². The highest BCUT2D eigenvalue weighted by atomic mass is 35.5. The molecule has 1 aliphatic rings. The van der Waals surface area contributed by atoms with Crippen LogP contribution >= 0.6 is 24.8 Å². The number of hydrogen-bond acceptors (Lipinski definition) is 6. The minimum atomic E-state index is -0.237.